The standard InChI is InChI=1S/C20H21N3O3S2/c24-13-5-3-4-12(10-13)21-17(25)8-9-27-11-16-22-19(26)18-14-6-1-2-7-15(14)28-20(18)23-16/h3-5,10,24H,1-2,6-9,11H2,(H,21,25)(H,22,23,26). The van der Waals surface area contributed by atoms with Crippen LogP contribution in [0.3, 0.4) is 0 Å². The maximum atomic E-state index is 12.5. The number of phenols is 1. The molecule has 0 saturated carbocycles. The SMILES string of the molecule is O=C(CCSCc1nc2sc3c(c2c(=O)[nH]1)CCCC3)Nc1cccc(O)c1. The Labute approximate surface area is 170 Å². The van der Waals surface area contributed by atoms with Gasteiger partial charge in [0.2, 0.25) is 5.91 Å². The third-order valence-corrected chi connectivity index (χ3v) is 6.87. The third-order valence-electron chi connectivity index (χ3n) is 4.72. The molecule has 0 bridgehead atoms. The fourth-order valence-electron chi connectivity index (χ4n) is 3.42. The van der Waals surface area contributed by atoms with Crippen LogP contribution in [0.25, 0.3) is 10.2 Å². The van der Waals surface area contributed by atoms with Crippen molar-refractivity contribution in [2.45, 2.75) is 37.9 Å². The van der Waals surface area contributed by atoms with E-state index >= 15 is 0 Å². The fraction of sp³-hybridized carbons (Fsp3) is 0.350. The number of nitrogens with zero attached hydrogens (tertiary/aromatic N) is 1. The van der Waals surface area contributed by atoms with E-state index in [0.29, 0.717) is 29.4 Å². The van der Waals surface area contributed by atoms with Gasteiger partial charge in [-0.25, -0.2) is 4.98 Å². The molecule has 0 spiro atoms. The van der Waals surface area contributed by atoms with Gasteiger partial charge in [-0.15, -0.1) is 11.3 Å². The summed E-state index contributed by atoms with van der Waals surface area (Å²) in [4.78, 5) is 34.2. The Kier molecular flexibility index (Phi) is 5.68. The summed E-state index contributed by atoms with van der Waals surface area (Å²) < 4.78 is 0. The molecule has 28 heavy (non-hydrogen) atoms. The molecule has 0 saturated heterocycles. The first kappa shape index (κ1) is 19.0. The Morgan fingerprint density at radius 1 is 1.32 bits per heavy atom. The fourth-order valence-corrected chi connectivity index (χ4v) is 5.50. The van der Waals surface area contributed by atoms with E-state index < -0.39 is 0 Å². The summed E-state index contributed by atoms with van der Waals surface area (Å²) in [6.45, 7) is 0. The monoisotopic (exact) mass is 415 g/mol. The van der Waals surface area contributed by atoms with Gasteiger partial charge in [0, 0.05) is 28.8 Å². The zero-order valence-electron chi connectivity index (χ0n) is 15.3. The Hall–Kier alpha value is -2.32. The van der Waals surface area contributed by atoms with E-state index in [1.807, 2.05) is 0 Å². The smallest absolute Gasteiger partial charge is 0.259 e. The van der Waals surface area contributed by atoms with Gasteiger partial charge in [0.25, 0.3) is 5.56 Å². The Morgan fingerprint density at radius 2 is 2.18 bits per heavy atom. The maximum absolute atomic E-state index is 12.5. The molecule has 6 nitrogen and oxygen atoms in total. The van der Waals surface area contributed by atoms with Crippen LogP contribution in [0, 0.1) is 0 Å². The van der Waals surface area contributed by atoms with Crippen molar-refractivity contribution < 1.29 is 9.90 Å². The van der Waals surface area contributed by atoms with Crippen molar-refractivity contribution in [3.63, 3.8) is 0 Å². The Morgan fingerprint density at radius 3 is 3.04 bits per heavy atom. The number of nitrogens with one attached hydrogen (secondary N) is 2. The van der Waals surface area contributed by atoms with Gasteiger partial charge in [0.15, 0.2) is 0 Å². The van der Waals surface area contributed by atoms with Crippen molar-refractivity contribution in [2.24, 2.45) is 0 Å². The van der Waals surface area contributed by atoms with Gasteiger partial charge in [0.1, 0.15) is 16.4 Å². The van der Waals surface area contributed by atoms with Crippen LogP contribution in [0.4, 0.5) is 5.69 Å². The molecule has 0 fully saturated rings. The van der Waals surface area contributed by atoms with Crippen LogP contribution >= 0.6 is 23.1 Å². The highest BCUT2D eigenvalue weighted by molar-refractivity contribution is 7.98. The summed E-state index contributed by atoms with van der Waals surface area (Å²) in [5, 5.41) is 13.0. The lowest BCUT2D eigenvalue weighted by Crippen LogP contribution is -2.13. The first-order valence-corrected chi connectivity index (χ1v) is 11.3. The number of carbonyl (C=O) groups is 1. The number of aromatic hydroxyl groups is 1. The van der Waals surface area contributed by atoms with Gasteiger partial charge in [-0.3, -0.25) is 9.59 Å². The van der Waals surface area contributed by atoms with Crippen molar-refractivity contribution in [2.75, 3.05) is 11.1 Å². The number of carbonyl (C=O) groups excluding carboxylic acids is 1. The van der Waals surface area contributed by atoms with Crippen molar-refractivity contribution in [3.8, 4) is 5.75 Å². The molecule has 2 aromatic heterocycles. The summed E-state index contributed by atoms with van der Waals surface area (Å²) in [6, 6.07) is 6.48. The van der Waals surface area contributed by atoms with Crippen LogP contribution in [0.1, 0.15) is 35.5 Å². The molecule has 0 aliphatic heterocycles. The number of thiophene rings is 1. The van der Waals surface area contributed by atoms with Gasteiger partial charge < -0.3 is 15.4 Å². The first-order chi connectivity index (χ1) is 13.6. The molecule has 1 aliphatic rings. The minimum absolute atomic E-state index is 0.0402. The number of aryl methyl sites for hydroxylation is 2. The van der Waals surface area contributed by atoms with Crippen molar-refractivity contribution in [1.82, 2.24) is 9.97 Å². The minimum atomic E-state index is -0.110. The van der Waals surface area contributed by atoms with E-state index in [2.05, 4.69) is 15.3 Å². The molecule has 3 N–H and O–H groups in total. The zero-order chi connectivity index (χ0) is 19.5. The van der Waals surface area contributed by atoms with Crippen LogP contribution in [0.5, 0.6) is 5.75 Å². The lowest BCUT2D eigenvalue weighted by atomic mass is 9.97. The normalized spacial score (nSPS) is 13.4. The third kappa shape index (κ3) is 4.23. The molecule has 4 rings (SSSR count). The van der Waals surface area contributed by atoms with Crippen LogP contribution in [-0.2, 0) is 23.4 Å². The van der Waals surface area contributed by atoms with E-state index in [4.69, 9.17) is 0 Å². The number of aromatic amines is 1. The second-order valence-electron chi connectivity index (χ2n) is 6.80. The van der Waals surface area contributed by atoms with Crippen molar-refractivity contribution in [1.29, 1.82) is 0 Å². The van der Waals surface area contributed by atoms with Gasteiger partial charge in [-0.05, 0) is 43.4 Å². The summed E-state index contributed by atoms with van der Waals surface area (Å²) in [5.74, 6) is 1.85. The maximum Gasteiger partial charge on any atom is 0.259 e. The number of amides is 1. The van der Waals surface area contributed by atoms with Crippen LogP contribution in [-0.4, -0.2) is 26.7 Å². The molecule has 8 heteroatoms. The van der Waals surface area contributed by atoms with E-state index in [9.17, 15) is 14.7 Å². The second-order valence-corrected chi connectivity index (χ2v) is 8.99. The predicted molar refractivity (Wildman–Crippen MR) is 114 cm³/mol. The van der Waals surface area contributed by atoms with E-state index in [1.165, 1.54) is 22.9 Å². The number of aromatic nitrogens is 2. The number of anilines is 1. The summed E-state index contributed by atoms with van der Waals surface area (Å²) >= 11 is 3.21. The number of H-pyrrole nitrogens is 1. The molecule has 0 unspecified atom stereocenters. The minimum Gasteiger partial charge on any atom is -0.508 e. The van der Waals surface area contributed by atoms with E-state index in [1.54, 1.807) is 41.3 Å². The topological polar surface area (TPSA) is 95.1 Å². The van der Waals surface area contributed by atoms with Crippen LogP contribution < -0.4 is 10.9 Å². The lowest BCUT2D eigenvalue weighted by molar-refractivity contribution is -0.115. The first-order valence-electron chi connectivity index (χ1n) is 9.30. The molecular weight excluding hydrogens is 394 g/mol. The van der Waals surface area contributed by atoms with Crippen molar-refractivity contribution in [3.05, 3.63) is 50.9 Å². The summed E-state index contributed by atoms with van der Waals surface area (Å²) in [6.07, 6.45) is 4.70. The average Bonchev–Trinajstić information content (AvgIpc) is 3.04. The number of rotatable bonds is 6. The second kappa shape index (κ2) is 8.36. The molecule has 146 valence electrons. The Bertz CT molecular complexity index is 1070. The lowest BCUT2D eigenvalue weighted by Gasteiger charge is -2.09. The van der Waals surface area contributed by atoms with Crippen molar-refractivity contribution >= 4 is 44.9 Å². The molecule has 1 amide bonds. The Balaban J connectivity index is 1.33. The molecular formula is C20H21N3O3S2. The van der Waals surface area contributed by atoms with Gasteiger partial charge in [0.05, 0.1) is 11.1 Å². The molecule has 2 heterocycles. The average molecular weight is 416 g/mol. The van der Waals surface area contributed by atoms with Gasteiger partial charge in [-0.1, -0.05) is 6.07 Å². The quantitative estimate of drug-likeness (QED) is 0.532. The number of phenolic OH excluding ortho intramolecular Hbond substituents is 1. The molecule has 1 aliphatic carbocycles. The highest BCUT2D eigenvalue weighted by Gasteiger charge is 2.19. The van der Waals surface area contributed by atoms with Crippen LogP contribution in [0.15, 0.2) is 29.1 Å². The number of hydrogen-bond acceptors (Lipinski definition) is 6. The number of thioether (sulfide) groups is 1. The summed E-state index contributed by atoms with van der Waals surface area (Å²) in [5.41, 5.74) is 1.73. The highest BCUT2D eigenvalue weighted by atomic mass is 32.2. The largest absolute Gasteiger partial charge is 0.508 e. The number of hydrogen-bond donors (Lipinski definition) is 3. The molecule has 0 radical (unpaired) electrons. The van der Waals surface area contributed by atoms with Crippen LogP contribution in [0.2, 0.25) is 0 Å². The summed E-state index contributed by atoms with van der Waals surface area (Å²) in [7, 11) is 0. The zero-order valence-corrected chi connectivity index (χ0v) is 16.9. The number of fused-ring (bicyclic) bond motifs is 3. The van der Waals surface area contributed by atoms with Gasteiger partial charge in [-0.2, -0.15) is 11.8 Å². The predicted octanol–water partition coefficient (Wildman–Crippen LogP) is 3.83. The highest BCUT2D eigenvalue weighted by Crippen LogP contribution is 2.33. The van der Waals surface area contributed by atoms with Gasteiger partial charge >= 0.3 is 0 Å². The molecule has 3 aromatic rings. The van der Waals surface area contributed by atoms with E-state index in [-0.39, 0.29) is 17.2 Å². The number of benzene rings is 1. The van der Waals surface area contributed by atoms with E-state index in [0.717, 1.165) is 29.5 Å². The molecule has 1 aromatic carbocycles. The molecule has 0 atom stereocenters.